The number of alkyl halides is 3. The number of aromatic nitrogens is 5. The van der Waals surface area contributed by atoms with Crippen LogP contribution in [0.4, 0.5) is 13.2 Å². The van der Waals surface area contributed by atoms with Gasteiger partial charge in [0.2, 0.25) is 0 Å². The molecule has 1 atom stereocenters. The fraction of sp³-hybridized carbons (Fsp3) is 0.400. The Morgan fingerprint density at radius 3 is 2.73 bits per heavy atom. The molecular formula is C20H21F3N6O. The van der Waals surface area contributed by atoms with Crippen LogP contribution >= 0.6 is 0 Å². The summed E-state index contributed by atoms with van der Waals surface area (Å²) in [5.41, 5.74) is 0.250. The Morgan fingerprint density at radius 2 is 2.03 bits per heavy atom. The maximum absolute atomic E-state index is 13.1. The third-order valence-corrected chi connectivity index (χ3v) is 5.24. The largest absolute Gasteiger partial charge is 0.416 e. The number of nitrogens with zero attached hydrogens (tertiary/aromatic N) is 4. The molecule has 0 bridgehead atoms. The van der Waals surface area contributed by atoms with Crippen LogP contribution in [0.25, 0.3) is 11.4 Å². The van der Waals surface area contributed by atoms with E-state index in [9.17, 15) is 18.0 Å². The molecule has 0 aliphatic carbocycles. The number of aryl methyl sites for hydroxylation is 2. The fourth-order valence-corrected chi connectivity index (χ4v) is 3.71. The van der Waals surface area contributed by atoms with Crippen LogP contribution in [0.15, 0.2) is 24.3 Å². The Bertz CT molecular complexity index is 1070. The Hall–Kier alpha value is -3.17. The van der Waals surface area contributed by atoms with E-state index in [1.165, 1.54) is 12.1 Å². The molecule has 10 heteroatoms. The van der Waals surface area contributed by atoms with Crippen LogP contribution in [0.5, 0.6) is 0 Å². The Morgan fingerprint density at radius 1 is 1.23 bits per heavy atom. The number of piperidine rings is 1. The number of hydrogen-bond acceptors (Lipinski definition) is 4. The topological polar surface area (TPSA) is 90.6 Å². The van der Waals surface area contributed by atoms with Crippen molar-refractivity contribution in [1.29, 1.82) is 0 Å². The molecule has 158 valence electrons. The Balaban J connectivity index is 1.56. The lowest BCUT2D eigenvalue weighted by molar-refractivity contribution is -0.137. The van der Waals surface area contributed by atoms with Crippen LogP contribution in [-0.4, -0.2) is 49.0 Å². The number of hydrogen-bond donors (Lipinski definition) is 2. The molecule has 1 fully saturated rings. The van der Waals surface area contributed by atoms with Crippen molar-refractivity contribution in [3.05, 3.63) is 52.9 Å². The average Bonchev–Trinajstić information content (AvgIpc) is 3.33. The van der Waals surface area contributed by atoms with Gasteiger partial charge in [0.1, 0.15) is 17.3 Å². The van der Waals surface area contributed by atoms with E-state index in [1.54, 1.807) is 11.8 Å². The second-order valence-electron chi connectivity index (χ2n) is 7.51. The first-order valence-corrected chi connectivity index (χ1v) is 9.65. The fourth-order valence-electron chi connectivity index (χ4n) is 3.71. The summed E-state index contributed by atoms with van der Waals surface area (Å²) in [5, 5.41) is 7.03. The number of aromatic amines is 2. The minimum Gasteiger partial charge on any atom is -0.341 e. The lowest BCUT2D eigenvalue weighted by atomic mass is 9.97. The molecule has 2 N–H and O–H groups in total. The average molecular weight is 418 g/mol. The predicted octanol–water partition coefficient (Wildman–Crippen LogP) is 3.85. The number of nitrogens with one attached hydrogen (secondary N) is 2. The molecule has 3 aromatic rings. The number of benzene rings is 1. The first kappa shape index (κ1) is 20.1. The first-order chi connectivity index (χ1) is 14.2. The van der Waals surface area contributed by atoms with Crippen molar-refractivity contribution in [3.8, 4) is 11.4 Å². The molecule has 1 aromatic carbocycles. The molecule has 0 spiro atoms. The van der Waals surface area contributed by atoms with Crippen LogP contribution < -0.4 is 0 Å². The van der Waals surface area contributed by atoms with Gasteiger partial charge in [-0.25, -0.2) is 9.97 Å². The zero-order valence-electron chi connectivity index (χ0n) is 16.5. The zero-order valence-corrected chi connectivity index (χ0v) is 16.5. The second-order valence-corrected chi connectivity index (χ2v) is 7.51. The van der Waals surface area contributed by atoms with Crippen molar-refractivity contribution in [3.63, 3.8) is 0 Å². The van der Waals surface area contributed by atoms with Crippen molar-refractivity contribution >= 4 is 5.91 Å². The minimum absolute atomic E-state index is 0.0369. The number of likely N-dealkylation sites (tertiary alicyclic amines) is 1. The normalized spacial score (nSPS) is 17.4. The van der Waals surface area contributed by atoms with Gasteiger partial charge in [-0.2, -0.15) is 18.3 Å². The van der Waals surface area contributed by atoms with Gasteiger partial charge in [-0.05, 0) is 38.8 Å². The molecule has 1 aliphatic heterocycles. The summed E-state index contributed by atoms with van der Waals surface area (Å²) in [6.45, 7) is 4.58. The van der Waals surface area contributed by atoms with Crippen molar-refractivity contribution in [2.24, 2.45) is 0 Å². The van der Waals surface area contributed by atoms with Gasteiger partial charge in [0.25, 0.3) is 5.91 Å². The Kier molecular flexibility index (Phi) is 5.08. The van der Waals surface area contributed by atoms with Crippen molar-refractivity contribution < 1.29 is 18.0 Å². The maximum atomic E-state index is 13.1. The lowest BCUT2D eigenvalue weighted by Gasteiger charge is -2.31. The molecule has 2 aromatic heterocycles. The number of rotatable bonds is 3. The van der Waals surface area contributed by atoms with Crippen molar-refractivity contribution in [1.82, 2.24) is 30.0 Å². The minimum atomic E-state index is -4.45. The molecular weight excluding hydrogens is 397 g/mol. The van der Waals surface area contributed by atoms with E-state index in [4.69, 9.17) is 0 Å². The molecule has 7 nitrogen and oxygen atoms in total. The zero-order chi connectivity index (χ0) is 21.5. The lowest BCUT2D eigenvalue weighted by Crippen LogP contribution is -2.39. The summed E-state index contributed by atoms with van der Waals surface area (Å²) in [4.78, 5) is 26.4. The number of carbonyl (C=O) groups excluding carboxylic acids is 1. The molecule has 1 aliphatic rings. The highest BCUT2D eigenvalue weighted by molar-refractivity contribution is 5.94. The second kappa shape index (κ2) is 7.58. The summed E-state index contributed by atoms with van der Waals surface area (Å²) >= 11 is 0. The maximum Gasteiger partial charge on any atom is 0.416 e. The van der Waals surface area contributed by atoms with Gasteiger partial charge in [0.15, 0.2) is 5.82 Å². The van der Waals surface area contributed by atoms with Crippen LogP contribution in [-0.2, 0) is 6.18 Å². The van der Waals surface area contributed by atoms with Crippen LogP contribution in [0, 0.1) is 13.8 Å². The van der Waals surface area contributed by atoms with Gasteiger partial charge in [-0.15, -0.1) is 0 Å². The van der Waals surface area contributed by atoms with E-state index in [0.717, 1.165) is 30.8 Å². The number of carbonyl (C=O) groups is 1. The summed E-state index contributed by atoms with van der Waals surface area (Å²) in [5.74, 6) is 1.43. The first-order valence-electron chi connectivity index (χ1n) is 9.65. The predicted molar refractivity (Wildman–Crippen MR) is 103 cm³/mol. The van der Waals surface area contributed by atoms with E-state index in [-0.39, 0.29) is 28.9 Å². The van der Waals surface area contributed by atoms with Gasteiger partial charge < -0.3 is 9.88 Å². The number of amides is 1. The van der Waals surface area contributed by atoms with E-state index in [2.05, 4.69) is 25.1 Å². The molecule has 0 saturated carbocycles. The molecule has 1 saturated heterocycles. The molecule has 0 radical (unpaired) electrons. The quantitative estimate of drug-likeness (QED) is 0.676. The van der Waals surface area contributed by atoms with Crippen LogP contribution in [0.2, 0.25) is 0 Å². The van der Waals surface area contributed by atoms with E-state index < -0.39 is 11.7 Å². The summed E-state index contributed by atoms with van der Waals surface area (Å²) in [6.07, 6.45) is -2.75. The highest BCUT2D eigenvalue weighted by Crippen LogP contribution is 2.32. The van der Waals surface area contributed by atoms with Crippen molar-refractivity contribution in [2.45, 2.75) is 38.8 Å². The van der Waals surface area contributed by atoms with E-state index >= 15 is 0 Å². The van der Waals surface area contributed by atoms with E-state index in [1.807, 2.05) is 6.92 Å². The van der Waals surface area contributed by atoms with Crippen molar-refractivity contribution in [2.75, 3.05) is 13.1 Å². The van der Waals surface area contributed by atoms with E-state index in [0.29, 0.717) is 24.6 Å². The van der Waals surface area contributed by atoms with Gasteiger partial charge in [0, 0.05) is 30.3 Å². The molecule has 30 heavy (non-hydrogen) atoms. The summed E-state index contributed by atoms with van der Waals surface area (Å²) in [7, 11) is 0. The monoisotopic (exact) mass is 418 g/mol. The van der Waals surface area contributed by atoms with Gasteiger partial charge in [-0.1, -0.05) is 12.1 Å². The van der Waals surface area contributed by atoms with Gasteiger partial charge in [-0.3, -0.25) is 9.89 Å². The standard InChI is InChI=1S/C20H21F3N6O/c1-11-16(26-17(24-11)13-5-3-7-15(9-13)20(21,22)23)19(30)29-8-4-6-14(10-29)18-25-12(2)27-28-18/h3,5,7,9,14H,4,6,8,10H2,1-2H3,(H,24,26)(H,25,27,28). The SMILES string of the molecule is Cc1nc(C2CCCN(C(=O)c3nc(-c4cccc(C(F)(F)F)c4)[nH]c3C)C2)n[nH]1. The number of halogens is 3. The highest BCUT2D eigenvalue weighted by atomic mass is 19.4. The van der Waals surface area contributed by atoms with Crippen LogP contribution in [0.1, 0.15) is 52.2 Å². The third-order valence-electron chi connectivity index (χ3n) is 5.24. The molecule has 1 amide bonds. The summed E-state index contributed by atoms with van der Waals surface area (Å²) < 4.78 is 39.0. The molecule has 1 unspecified atom stereocenters. The summed E-state index contributed by atoms with van der Waals surface area (Å²) in [6, 6.07) is 4.88. The highest BCUT2D eigenvalue weighted by Gasteiger charge is 2.32. The molecule has 3 heterocycles. The number of H-pyrrole nitrogens is 2. The smallest absolute Gasteiger partial charge is 0.341 e. The third kappa shape index (κ3) is 3.94. The van der Waals surface area contributed by atoms with Gasteiger partial charge in [0.05, 0.1) is 5.56 Å². The Labute approximate surface area is 170 Å². The van der Waals surface area contributed by atoms with Crippen LogP contribution in [0.3, 0.4) is 0 Å². The molecule has 4 rings (SSSR count). The number of imidazole rings is 1. The van der Waals surface area contributed by atoms with Gasteiger partial charge >= 0.3 is 6.18 Å².